The Morgan fingerprint density at radius 2 is 1.86 bits per heavy atom. The number of allylic oxidation sites excluding steroid dienone is 1. The van der Waals surface area contributed by atoms with Crippen molar-refractivity contribution in [2.24, 2.45) is 5.73 Å². The van der Waals surface area contributed by atoms with Crippen molar-refractivity contribution in [3.05, 3.63) is 65.0 Å². The minimum absolute atomic E-state index is 0.142. The third-order valence-corrected chi connectivity index (χ3v) is 3.85. The molecule has 0 radical (unpaired) electrons. The average molecular weight is 292 g/mol. The molecule has 0 bridgehead atoms. The van der Waals surface area contributed by atoms with Crippen LogP contribution >= 0.6 is 0 Å². The van der Waals surface area contributed by atoms with E-state index >= 15 is 0 Å². The molecule has 2 aliphatic heterocycles. The summed E-state index contributed by atoms with van der Waals surface area (Å²) in [6.07, 6.45) is 0. The molecule has 22 heavy (non-hydrogen) atoms. The quantitative estimate of drug-likeness (QED) is 0.874. The summed E-state index contributed by atoms with van der Waals surface area (Å²) in [6, 6.07) is 15.4. The van der Waals surface area contributed by atoms with Crippen molar-refractivity contribution in [3.63, 3.8) is 0 Å². The molecular weight excluding hydrogens is 280 g/mol. The molecule has 0 aromatic heterocycles. The van der Waals surface area contributed by atoms with Crippen LogP contribution in [0.25, 0.3) is 0 Å². The van der Waals surface area contributed by atoms with Gasteiger partial charge in [-0.25, -0.2) is 0 Å². The Labute approximate surface area is 127 Å². The van der Waals surface area contributed by atoms with Gasteiger partial charge in [0, 0.05) is 5.56 Å². The summed E-state index contributed by atoms with van der Waals surface area (Å²) < 4.78 is 16.3. The Morgan fingerprint density at radius 1 is 1.05 bits per heavy atom. The fraction of sp³-hybridized carbons (Fsp3) is 0.118. The van der Waals surface area contributed by atoms with E-state index in [1.807, 2.05) is 42.5 Å². The predicted octanol–water partition coefficient (Wildman–Crippen LogP) is 2.63. The zero-order valence-electron chi connectivity index (χ0n) is 11.6. The molecule has 5 nitrogen and oxygen atoms in total. The maximum Gasteiger partial charge on any atom is 0.231 e. The van der Waals surface area contributed by atoms with Gasteiger partial charge in [0.25, 0.3) is 0 Å². The van der Waals surface area contributed by atoms with Gasteiger partial charge in [-0.15, -0.1) is 0 Å². The van der Waals surface area contributed by atoms with E-state index in [0.717, 1.165) is 11.1 Å². The Balaban J connectivity index is 1.90. The average Bonchev–Trinajstić information content (AvgIpc) is 3.01. The lowest BCUT2D eigenvalue weighted by Crippen LogP contribution is -2.20. The molecule has 2 aromatic rings. The fourth-order valence-corrected chi connectivity index (χ4v) is 2.84. The van der Waals surface area contributed by atoms with E-state index in [1.165, 1.54) is 0 Å². The molecule has 0 aliphatic carbocycles. The molecule has 2 aliphatic rings. The molecule has 0 spiro atoms. The number of nitrogens with two attached hydrogens (primary N) is 1. The summed E-state index contributed by atoms with van der Waals surface area (Å²) in [4.78, 5) is 0. The second kappa shape index (κ2) is 4.71. The second-order valence-corrected chi connectivity index (χ2v) is 5.08. The first-order valence-corrected chi connectivity index (χ1v) is 6.84. The smallest absolute Gasteiger partial charge is 0.231 e. The normalized spacial score (nSPS) is 18.4. The van der Waals surface area contributed by atoms with Crippen molar-refractivity contribution < 1.29 is 14.2 Å². The highest BCUT2D eigenvalue weighted by atomic mass is 16.7. The summed E-state index contributed by atoms with van der Waals surface area (Å²) in [6.45, 7) is 0.215. The van der Waals surface area contributed by atoms with Crippen molar-refractivity contribution in [1.29, 1.82) is 5.26 Å². The van der Waals surface area contributed by atoms with Crippen LogP contribution in [0, 0.1) is 11.3 Å². The van der Waals surface area contributed by atoms with Crippen LogP contribution in [-0.2, 0) is 0 Å². The molecule has 0 unspecified atom stereocenters. The number of nitriles is 1. The lowest BCUT2D eigenvalue weighted by molar-refractivity contribution is 0.174. The highest BCUT2D eigenvalue weighted by molar-refractivity contribution is 5.57. The van der Waals surface area contributed by atoms with Crippen molar-refractivity contribution in [1.82, 2.24) is 0 Å². The van der Waals surface area contributed by atoms with Gasteiger partial charge in [0.05, 0.1) is 5.92 Å². The SMILES string of the molecule is N#CC1=C(N)Oc2ccccc2[C@H]1c1ccc2c(c1)OCO2. The molecule has 2 N–H and O–H groups in total. The molecule has 4 rings (SSSR count). The Hall–Kier alpha value is -3.13. The Morgan fingerprint density at radius 3 is 2.73 bits per heavy atom. The van der Waals surface area contributed by atoms with Crippen molar-refractivity contribution in [3.8, 4) is 23.3 Å². The van der Waals surface area contributed by atoms with Crippen LogP contribution in [0.2, 0.25) is 0 Å². The summed E-state index contributed by atoms with van der Waals surface area (Å²) >= 11 is 0. The molecule has 0 saturated heterocycles. The number of rotatable bonds is 1. The molecular formula is C17H12N2O3. The van der Waals surface area contributed by atoms with Gasteiger partial charge >= 0.3 is 0 Å². The monoisotopic (exact) mass is 292 g/mol. The Kier molecular flexibility index (Phi) is 2.70. The molecule has 1 atom stereocenters. The molecule has 0 saturated carbocycles. The maximum absolute atomic E-state index is 9.49. The number of ether oxygens (including phenoxy) is 3. The van der Waals surface area contributed by atoms with Crippen LogP contribution in [0.5, 0.6) is 17.2 Å². The van der Waals surface area contributed by atoms with Crippen molar-refractivity contribution in [2.75, 3.05) is 6.79 Å². The lowest BCUT2D eigenvalue weighted by Gasteiger charge is -2.26. The maximum atomic E-state index is 9.49. The highest BCUT2D eigenvalue weighted by Crippen LogP contribution is 2.44. The number of hydrogen-bond acceptors (Lipinski definition) is 5. The van der Waals surface area contributed by atoms with E-state index in [1.54, 1.807) is 0 Å². The van der Waals surface area contributed by atoms with Gasteiger partial charge in [0.2, 0.25) is 12.7 Å². The largest absolute Gasteiger partial charge is 0.454 e. The molecule has 2 heterocycles. The van der Waals surface area contributed by atoms with Crippen LogP contribution in [0.15, 0.2) is 53.9 Å². The lowest BCUT2D eigenvalue weighted by atomic mass is 9.83. The van der Waals surface area contributed by atoms with E-state index in [-0.39, 0.29) is 18.6 Å². The zero-order chi connectivity index (χ0) is 15.1. The first kappa shape index (κ1) is 12.6. The highest BCUT2D eigenvalue weighted by Gasteiger charge is 2.31. The van der Waals surface area contributed by atoms with Crippen LogP contribution in [0.4, 0.5) is 0 Å². The van der Waals surface area contributed by atoms with Crippen LogP contribution in [0.3, 0.4) is 0 Å². The predicted molar refractivity (Wildman–Crippen MR) is 78.3 cm³/mol. The molecule has 0 amide bonds. The van der Waals surface area contributed by atoms with E-state index < -0.39 is 0 Å². The number of benzene rings is 2. The summed E-state index contributed by atoms with van der Waals surface area (Å²) in [5.74, 6) is 1.92. The summed E-state index contributed by atoms with van der Waals surface area (Å²) in [7, 11) is 0. The van der Waals surface area contributed by atoms with Gasteiger partial charge in [-0.3, -0.25) is 0 Å². The minimum atomic E-state index is -0.274. The van der Waals surface area contributed by atoms with Gasteiger partial charge in [0.15, 0.2) is 11.5 Å². The van der Waals surface area contributed by atoms with E-state index in [2.05, 4.69) is 6.07 Å². The first-order chi connectivity index (χ1) is 10.8. The van der Waals surface area contributed by atoms with Gasteiger partial charge < -0.3 is 19.9 Å². The standard InChI is InChI=1S/C17H12N2O3/c18-8-12-16(10-5-6-14-15(7-10)21-9-20-14)11-3-1-2-4-13(11)22-17(12)19/h1-7,16H,9,19H2/t16-/m1/s1. The minimum Gasteiger partial charge on any atom is -0.454 e. The van der Waals surface area contributed by atoms with Gasteiger partial charge in [-0.1, -0.05) is 24.3 Å². The van der Waals surface area contributed by atoms with Crippen LogP contribution < -0.4 is 19.9 Å². The zero-order valence-corrected chi connectivity index (χ0v) is 11.6. The van der Waals surface area contributed by atoms with Gasteiger partial charge in [0.1, 0.15) is 17.4 Å². The van der Waals surface area contributed by atoms with Gasteiger partial charge in [-0.05, 0) is 23.8 Å². The Bertz CT molecular complexity index is 836. The molecule has 2 aromatic carbocycles. The van der Waals surface area contributed by atoms with Crippen LogP contribution in [-0.4, -0.2) is 6.79 Å². The van der Waals surface area contributed by atoms with Crippen molar-refractivity contribution in [2.45, 2.75) is 5.92 Å². The number of nitrogens with zero attached hydrogens (tertiary/aromatic N) is 1. The molecule has 5 heteroatoms. The summed E-state index contributed by atoms with van der Waals surface area (Å²) in [5, 5.41) is 9.49. The third-order valence-electron chi connectivity index (χ3n) is 3.85. The van der Waals surface area contributed by atoms with Crippen molar-refractivity contribution >= 4 is 0 Å². The van der Waals surface area contributed by atoms with E-state index in [9.17, 15) is 5.26 Å². The van der Waals surface area contributed by atoms with Gasteiger partial charge in [-0.2, -0.15) is 5.26 Å². The molecule has 108 valence electrons. The number of para-hydroxylation sites is 1. The topological polar surface area (TPSA) is 77.5 Å². The number of hydrogen-bond donors (Lipinski definition) is 1. The fourth-order valence-electron chi connectivity index (χ4n) is 2.84. The van der Waals surface area contributed by atoms with E-state index in [0.29, 0.717) is 22.8 Å². The number of fused-ring (bicyclic) bond motifs is 2. The molecule has 0 fully saturated rings. The van der Waals surface area contributed by atoms with E-state index in [4.69, 9.17) is 19.9 Å². The third kappa shape index (κ3) is 1.78. The second-order valence-electron chi connectivity index (χ2n) is 5.08. The van der Waals surface area contributed by atoms with Crippen LogP contribution in [0.1, 0.15) is 17.0 Å². The first-order valence-electron chi connectivity index (χ1n) is 6.84. The summed E-state index contributed by atoms with van der Waals surface area (Å²) in [5.41, 5.74) is 8.15.